The van der Waals surface area contributed by atoms with Crippen molar-refractivity contribution in [1.82, 2.24) is 15.0 Å². The zero-order valence-electron chi connectivity index (χ0n) is 16.0. The minimum absolute atomic E-state index is 0.0186. The van der Waals surface area contributed by atoms with Gasteiger partial charge in [0, 0.05) is 23.9 Å². The average molecular weight is 426 g/mol. The summed E-state index contributed by atoms with van der Waals surface area (Å²) >= 11 is 6.54. The van der Waals surface area contributed by atoms with Crippen LogP contribution >= 0.6 is 11.6 Å². The van der Waals surface area contributed by atoms with E-state index in [9.17, 15) is 4.39 Å². The molecule has 0 unspecified atom stereocenters. The Kier molecular flexibility index (Phi) is 4.62. The molecule has 0 amide bonds. The number of rotatable bonds is 2. The van der Waals surface area contributed by atoms with Crippen molar-refractivity contribution in [1.29, 1.82) is 0 Å². The molecular formula is C22H18ClF2N5. The summed E-state index contributed by atoms with van der Waals surface area (Å²) in [6.45, 7) is 1.69. The lowest BCUT2D eigenvalue weighted by Crippen LogP contribution is -2.30. The van der Waals surface area contributed by atoms with Gasteiger partial charge in [0.1, 0.15) is 29.3 Å². The number of nitrogens with two attached hydrogens (primary N) is 1. The minimum Gasteiger partial charge on any atom is -0.384 e. The molecule has 8 heteroatoms. The molecule has 3 heterocycles. The molecule has 1 aliphatic heterocycles. The van der Waals surface area contributed by atoms with E-state index >= 15 is 4.39 Å². The quantitative estimate of drug-likeness (QED) is 0.469. The van der Waals surface area contributed by atoms with Gasteiger partial charge in [-0.2, -0.15) is 0 Å². The largest absolute Gasteiger partial charge is 0.384 e. The third kappa shape index (κ3) is 3.01. The van der Waals surface area contributed by atoms with Crippen LogP contribution in [0.15, 0.2) is 36.7 Å². The fourth-order valence-electron chi connectivity index (χ4n) is 4.16. The number of halogens is 3. The minimum atomic E-state index is -0.666. The van der Waals surface area contributed by atoms with E-state index in [-0.39, 0.29) is 33.0 Å². The zero-order valence-corrected chi connectivity index (χ0v) is 16.8. The van der Waals surface area contributed by atoms with Crippen LogP contribution in [0.25, 0.3) is 32.9 Å². The monoisotopic (exact) mass is 425 g/mol. The Morgan fingerprint density at radius 2 is 1.83 bits per heavy atom. The molecule has 1 saturated heterocycles. The van der Waals surface area contributed by atoms with Gasteiger partial charge < -0.3 is 10.6 Å². The van der Waals surface area contributed by atoms with Gasteiger partial charge in [-0.05, 0) is 42.8 Å². The normalized spacial score (nSPS) is 14.6. The molecule has 0 radical (unpaired) electrons. The molecule has 30 heavy (non-hydrogen) atoms. The number of nitrogen functional groups attached to an aromatic ring is 1. The van der Waals surface area contributed by atoms with Gasteiger partial charge in [0.05, 0.1) is 16.3 Å². The standard InChI is InChI=1S/C22H18ClF2N5/c23-14-10-13-20(27-11-28-22(13)30-7-2-1-3-8-30)19(25)18(14)21-17-12(9-16(26)29-21)5-4-6-15(17)24/h4-6,9-11H,1-3,7-8H2,(H2,26,29). The molecule has 5 rings (SSSR count). The third-order valence-corrected chi connectivity index (χ3v) is 5.82. The third-order valence-electron chi connectivity index (χ3n) is 5.52. The fraction of sp³-hybridized carbons (Fsp3) is 0.227. The van der Waals surface area contributed by atoms with E-state index in [2.05, 4.69) is 19.9 Å². The number of benzene rings is 2. The van der Waals surface area contributed by atoms with Crippen molar-refractivity contribution in [2.45, 2.75) is 19.3 Å². The van der Waals surface area contributed by atoms with Crippen molar-refractivity contribution in [3.05, 3.63) is 53.3 Å². The van der Waals surface area contributed by atoms with E-state index in [0.717, 1.165) is 25.9 Å². The van der Waals surface area contributed by atoms with E-state index < -0.39 is 11.6 Å². The number of fused-ring (bicyclic) bond motifs is 2. The van der Waals surface area contributed by atoms with Gasteiger partial charge in [0.2, 0.25) is 0 Å². The van der Waals surface area contributed by atoms with Gasteiger partial charge in [-0.3, -0.25) is 0 Å². The molecule has 0 saturated carbocycles. The van der Waals surface area contributed by atoms with Crippen molar-refractivity contribution < 1.29 is 8.78 Å². The topological polar surface area (TPSA) is 67.9 Å². The van der Waals surface area contributed by atoms with Gasteiger partial charge in [-0.1, -0.05) is 23.7 Å². The molecule has 2 aromatic carbocycles. The first-order valence-corrected chi connectivity index (χ1v) is 10.1. The van der Waals surface area contributed by atoms with Crippen LogP contribution in [0.4, 0.5) is 20.4 Å². The first-order chi connectivity index (χ1) is 14.5. The molecule has 5 nitrogen and oxygen atoms in total. The van der Waals surface area contributed by atoms with Crippen LogP contribution in [0.2, 0.25) is 5.02 Å². The van der Waals surface area contributed by atoms with Crippen LogP contribution in [0.3, 0.4) is 0 Å². The Labute approximate surface area is 176 Å². The fourth-order valence-corrected chi connectivity index (χ4v) is 4.44. The lowest BCUT2D eigenvalue weighted by atomic mass is 10.0. The smallest absolute Gasteiger partial charge is 0.160 e. The van der Waals surface area contributed by atoms with E-state index in [1.807, 2.05) is 0 Å². The summed E-state index contributed by atoms with van der Waals surface area (Å²) < 4.78 is 30.4. The predicted molar refractivity (Wildman–Crippen MR) is 116 cm³/mol. The maximum Gasteiger partial charge on any atom is 0.160 e. The Balaban J connectivity index is 1.79. The van der Waals surface area contributed by atoms with Crippen molar-refractivity contribution in [3.63, 3.8) is 0 Å². The summed E-state index contributed by atoms with van der Waals surface area (Å²) in [5.41, 5.74) is 6.08. The van der Waals surface area contributed by atoms with Crippen LogP contribution < -0.4 is 10.6 Å². The molecule has 152 valence electrons. The highest BCUT2D eigenvalue weighted by molar-refractivity contribution is 6.34. The molecule has 4 aromatic rings. The van der Waals surface area contributed by atoms with Crippen LogP contribution in [0.1, 0.15) is 19.3 Å². The highest BCUT2D eigenvalue weighted by atomic mass is 35.5. The van der Waals surface area contributed by atoms with E-state index in [1.165, 1.54) is 18.8 Å². The molecule has 1 aliphatic rings. The molecule has 2 aromatic heterocycles. The highest BCUT2D eigenvalue weighted by Crippen LogP contribution is 2.40. The summed E-state index contributed by atoms with van der Waals surface area (Å²) in [5.74, 6) is -0.387. The Bertz CT molecular complexity index is 1290. The van der Waals surface area contributed by atoms with E-state index in [1.54, 1.807) is 24.3 Å². The Morgan fingerprint density at radius 1 is 1.03 bits per heavy atom. The van der Waals surface area contributed by atoms with Crippen molar-refractivity contribution in [3.8, 4) is 11.3 Å². The first kappa shape index (κ1) is 18.9. The molecule has 0 bridgehead atoms. The van der Waals surface area contributed by atoms with E-state index in [4.69, 9.17) is 17.3 Å². The second-order valence-electron chi connectivity index (χ2n) is 7.42. The number of hydrogen-bond acceptors (Lipinski definition) is 5. The molecule has 0 atom stereocenters. The number of piperidine rings is 1. The molecular weight excluding hydrogens is 408 g/mol. The first-order valence-electron chi connectivity index (χ1n) is 9.77. The van der Waals surface area contributed by atoms with Crippen molar-refractivity contribution >= 4 is 44.9 Å². The van der Waals surface area contributed by atoms with Crippen molar-refractivity contribution in [2.75, 3.05) is 23.7 Å². The van der Waals surface area contributed by atoms with Crippen LogP contribution in [-0.2, 0) is 0 Å². The van der Waals surface area contributed by atoms with Gasteiger partial charge in [0.15, 0.2) is 5.82 Å². The lowest BCUT2D eigenvalue weighted by Gasteiger charge is -2.28. The van der Waals surface area contributed by atoms with Gasteiger partial charge >= 0.3 is 0 Å². The van der Waals surface area contributed by atoms with E-state index in [0.29, 0.717) is 16.6 Å². The van der Waals surface area contributed by atoms with Gasteiger partial charge in [0.25, 0.3) is 0 Å². The highest BCUT2D eigenvalue weighted by Gasteiger charge is 2.24. The van der Waals surface area contributed by atoms with Gasteiger partial charge in [-0.25, -0.2) is 23.7 Å². The summed E-state index contributed by atoms with van der Waals surface area (Å²) in [4.78, 5) is 14.9. The van der Waals surface area contributed by atoms with Crippen molar-refractivity contribution in [2.24, 2.45) is 0 Å². The zero-order chi connectivity index (χ0) is 20.8. The number of anilines is 2. The Morgan fingerprint density at radius 3 is 2.63 bits per heavy atom. The Hall–Kier alpha value is -3.06. The number of nitrogens with zero attached hydrogens (tertiary/aromatic N) is 4. The summed E-state index contributed by atoms with van der Waals surface area (Å²) in [6, 6.07) is 7.75. The SMILES string of the molecule is Nc1cc2cccc(F)c2c(-c2c(Cl)cc3c(N4CCCCC4)ncnc3c2F)n1. The molecule has 1 fully saturated rings. The summed E-state index contributed by atoms with van der Waals surface area (Å²) in [7, 11) is 0. The maximum absolute atomic E-state index is 15.8. The predicted octanol–water partition coefficient (Wildman–Crippen LogP) is 5.35. The lowest BCUT2D eigenvalue weighted by molar-refractivity contribution is 0.574. The van der Waals surface area contributed by atoms with Gasteiger partial charge in [-0.15, -0.1) is 0 Å². The molecule has 0 aliphatic carbocycles. The average Bonchev–Trinajstić information content (AvgIpc) is 2.74. The van der Waals surface area contributed by atoms with Crippen LogP contribution in [0.5, 0.6) is 0 Å². The second-order valence-corrected chi connectivity index (χ2v) is 7.83. The van der Waals surface area contributed by atoms with Crippen LogP contribution in [-0.4, -0.2) is 28.0 Å². The maximum atomic E-state index is 15.8. The summed E-state index contributed by atoms with van der Waals surface area (Å²) in [6.07, 6.45) is 4.62. The number of pyridine rings is 1. The second kappa shape index (κ2) is 7.32. The van der Waals surface area contributed by atoms with Crippen LogP contribution in [0, 0.1) is 11.6 Å². The number of hydrogen-bond donors (Lipinski definition) is 1. The molecule has 2 N–H and O–H groups in total. The summed E-state index contributed by atoms with van der Waals surface area (Å²) in [5, 5.41) is 1.32. The number of aromatic nitrogens is 3. The molecule has 0 spiro atoms.